The maximum Gasteiger partial charge on any atom is 0.255 e. The third-order valence-corrected chi connectivity index (χ3v) is 3.88. The number of nitrogens with zero attached hydrogens (tertiary/aromatic N) is 1. The molecular formula is C21H20FN3O3. The number of amides is 1. The van der Waals surface area contributed by atoms with E-state index in [4.69, 9.17) is 9.47 Å². The summed E-state index contributed by atoms with van der Waals surface area (Å²) >= 11 is 0. The minimum atomic E-state index is -0.487. The number of methoxy groups -OCH3 is 1. The minimum absolute atomic E-state index is 0.131. The second-order valence-electron chi connectivity index (χ2n) is 5.81. The molecule has 0 saturated carbocycles. The fourth-order valence-electron chi connectivity index (χ4n) is 2.45. The Kier molecular flexibility index (Phi) is 6.41. The summed E-state index contributed by atoms with van der Waals surface area (Å²) < 4.78 is 24.4. The summed E-state index contributed by atoms with van der Waals surface area (Å²) in [5, 5.41) is 5.64. The SMILES string of the molecule is COc1ccc(OCCNc2cc(C(=O)Nc3ccccc3F)ccn2)cc1. The molecule has 3 rings (SSSR count). The van der Waals surface area contributed by atoms with Crippen LogP contribution in [-0.4, -0.2) is 31.2 Å². The van der Waals surface area contributed by atoms with E-state index in [0.29, 0.717) is 24.5 Å². The van der Waals surface area contributed by atoms with Gasteiger partial charge < -0.3 is 20.1 Å². The van der Waals surface area contributed by atoms with Gasteiger partial charge >= 0.3 is 0 Å². The first-order valence-corrected chi connectivity index (χ1v) is 8.68. The highest BCUT2D eigenvalue weighted by molar-refractivity contribution is 6.04. The monoisotopic (exact) mass is 381 g/mol. The molecule has 0 fully saturated rings. The highest BCUT2D eigenvalue weighted by Crippen LogP contribution is 2.17. The van der Waals surface area contributed by atoms with Gasteiger partial charge in [-0.2, -0.15) is 0 Å². The van der Waals surface area contributed by atoms with Crippen molar-refractivity contribution in [2.45, 2.75) is 0 Å². The van der Waals surface area contributed by atoms with Gasteiger partial charge in [-0.05, 0) is 48.5 Å². The van der Waals surface area contributed by atoms with Gasteiger partial charge in [-0.15, -0.1) is 0 Å². The predicted octanol–water partition coefficient (Wildman–Crippen LogP) is 3.97. The lowest BCUT2D eigenvalue weighted by molar-refractivity contribution is 0.102. The summed E-state index contributed by atoms with van der Waals surface area (Å²) in [5.41, 5.74) is 0.503. The van der Waals surface area contributed by atoms with Gasteiger partial charge in [0.1, 0.15) is 29.7 Å². The summed E-state index contributed by atoms with van der Waals surface area (Å²) in [4.78, 5) is 16.5. The lowest BCUT2D eigenvalue weighted by Gasteiger charge is -2.10. The third-order valence-electron chi connectivity index (χ3n) is 3.88. The molecule has 3 aromatic rings. The molecule has 0 bridgehead atoms. The quantitative estimate of drug-likeness (QED) is 0.578. The minimum Gasteiger partial charge on any atom is -0.497 e. The molecule has 1 aromatic heterocycles. The van der Waals surface area contributed by atoms with Crippen molar-refractivity contribution in [2.24, 2.45) is 0 Å². The average Bonchev–Trinajstić information content (AvgIpc) is 2.73. The second-order valence-corrected chi connectivity index (χ2v) is 5.81. The molecule has 28 heavy (non-hydrogen) atoms. The van der Waals surface area contributed by atoms with E-state index in [0.717, 1.165) is 11.5 Å². The number of anilines is 2. The number of hydrogen-bond donors (Lipinski definition) is 2. The molecule has 2 aromatic carbocycles. The van der Waals surface area contributed by atoms with Crippen molar-refractivity contribution in [2.75, 3.05) is 30.9 Å². The summed E-state index contributed by atoms with van der Waals surface area (Å²) in [5.74, 6) is 1.12. The number of hydrogen-bond acceptors (Lipinski definition) is 5. The van der Waals surface area contributed by atoms with Crippen LogP contribution in [0, 0.1) is 5.82 Å². The van der Waals surface area contributed by atoms with Crippen LogP contribution in [-0.2, 0) is 0 Å². The first-order valence-electron chi connectivity index (χ1n) is 8.68. The Bertz CT molecular complexity index is 932. The van der Waals surface area contributed by atoms with Crippen LogP contribution in [0.15, 0.2) is 66.9 Å². The standard InChI is InChI=1S/C21H20FN3O3/c1-27-16-6-8-17(9-7-16)28-13-12-24-20-14-15(10-11-23-20)21(26)25-19-5-3-2-4-18(19)22/h2-11,14H,12-13H2,1H3,(H,23,24)(H,25,26). The highest BCUT2D eigenvalue weighted by atomic mass is 19.1. The Morgan fingerprint density at radius 2 is 1.82 bits per heavy atom. The van der Waals surface area contributed by atoms with Crippen molar-refractivity contribution >= 4 is 17.4 Å². The molecule has 0 aliphatic rings. The Morgan fingerprint density at radius 1 is 1.07 bits per heavy atom. The van der Waals surface area contributed by atoms with Crippen molar-refractivity contribution in [1.82, 2.24) is 4.98 Å². The van der Waals surface area contributed by atoms with Crippen LogP contribution in [0.4, 0.5) is 15.9 Å². The van der Waals surface area contributed by atoms with E-state index >= 15 is 0 Å². The van der Waals surface area contributed by atoms with Gasteiger partial charge in [0, 0.05) is 11.8 Å². The number of carbonyl (C=O) groups excluding carboxylic acids is 1. The molecule has 7 heteroatoms. The average molecular weight is 381 g/mol. The zero-order valence-electron chi connectivity index (χ0n) is 15.3. The maximum absolute atomic E-state index is 13.7. The lowest BCUT2D eigenvalue weighted by atomic mass is 10.2. The molecule has 0 aliphatic carbocycles. The Hall–Kier alpha value is -3.61. The molecule has 6 nitrogen and oxygen atoms in total. The van der Waals surface area contributed by atoms with E-state index in [1.165, 1.54) is 18.3 Å². The molecule has 144 valence electrons. The zero-order chi connectivity index (χ0) is 19.8. The van der Waals surface area contributed by atoms with Crippen LogP contribution in [0.3, 0.4) is 0 Å². The van der Waals surface area contributed by atoms with E-state index in [9.17, 15) is 9.18 Å². The number of aromatic nitrogens is 1. The fraction of sp³-hybridized carbons (Fsp3) is 0.143. The first kappa shape index (κ1) is 19.2. The molecular weight excluding hydrogens is 361 g/mol. The number of pyridine rings is 1. The summed E-state index contributed by atoms with van der Waals surface area (Å²) in [6, 6.07) is 16.5. The first-order chi connectivity index (χ1) is 13.7. The van der Waals surface area contributed by atoms with Crippen LogP contribution in [0.5, 0.6) is 11.5 Å². The van der Waals surface area contributed by atoms with Gasteiger partial charge in [-0.1, -0.05) is 12.1 Å². The third kappa shape index (κ3) is 5.20. The van der Waals surface area contributed by atoms with Gasteiger partial charge in [0.15, 0.2) is 0 Å². The van der Waals surface area contributed by atoms with Crippen molar-refractivity contribution in [3.63, 3.8) is 0 Å². The molecule has 1 heterocycles. The largest absolute Gasteiger partial charge is 0.497 e. The maximum atomic E-state index is 13.7. The lowest BCUT2D eigenvalue weighted by Crippen LogP contribution is -2.15. The van der Waals surface area contributed by atoms with Gasteiger partial charge in [0.25, 0.3) is 5.91 Å². The fourth-order valence-corrected chi connectivity index (χ4v) is 2.45. The van der Waals surface area contributed by atoms with E-state index in [1.807, 2.05) is 24.3 Å². The normalized spacial score (nSPS) is 10.2. The number of carbonyl (C=O) groups is 1. The van der Waals surface area contributed by atoms with E-state index in [2.05, 4.69) is 15.6 Å². The van der Waals surface area contributed by atoms with Crippen LogP contribution >= 0.6 is 0 Å². The van der Waals surface area contributed by atoms with E-state index in [-0.39, 0.29) is 5.69 Å². The van der Waals surface area contributed by atoms with Crippen LogP contribution < -0.4 is 20.1 Å². The molecule has 0 aliphatic heterocycles. The van der Waals surface area contributed by atoms with Crippen molar-refractivity contribution < 1.29 is 18.7 Å². The van der Waals surface area contributed by atoms with Gasteiger partial charge in [-0.25, -0.2) is 9.37 Å². The summed E-state index contributed by atoms with van der Waals surface area (Å²) in [6.45, 7) is 0.914. The van der Waals surface area contributed by atoms with E-state index < -0.39 is 11.7 Å². The molecule has 0 unspecified atom stereocenters. The number of nitrogens with one attached hydrogen (secondary N) is 2. The van der Waals surface area contributed by atoms with Crippen LogP contribution in [0.2, 0.25) is 0 Å². The molecule has 0 spiro atoms. The summed E-state index contributed by atoms with van der Waals surface area (Å²) in [7, 11) is 1.61. The highest BCUT2D eigenvalue weighted by Gasteiger charge is 2.10. The second kappa shape index (κ2) is 9.36. The van der Waals surface area contributed by atoms with Gasteiger partial charge in [0.2, 0.25) is 0 Å². The van der Waals surface area contributed by atoms with Crippen molar-refractivity contribution in [3.8, 4) is 11.5 Å². The number of benzene rings is 2. The molecule has 0 atom stereocenters. The van der Waals surface area contributed by atoms with Gasteiger partial charge in [0.05, 0.1) is 19.3 Å². The number of halogens is 1. The Balaban J connectivity index is 1.51. The number of rotatable bonds is 8. The van der Waals surface area contributed by atoms with Crippen LogP contribution in [0.1, 0.15) is 10.4 Å². The topological polar surface area (TPSA) is 72.5 Å². The zero-order valence-corrected chi connectivity index (χ0v) is 15.3. The summed E-state index contributed by atoms with van der Waals surface area (Å²) in [6.07, 6.45) is 1.52. The molecule has 0 radical (unpaired) electrons. The Labute approximate surface area is 162 Å². The van der Waals surface area contributed by atoms with E-state index in [1.54, 1.807) is 31.4 Å². The Morgan fingerprint density at radius 3 is 2.57 bits per heavy atom. The predicted molar refractivity (Wildman–Crippen MR) is 106 cm³/mol. The smallest absolute Gasteiger partial charge is 0.255 e. The molecule has 2 N–H and O–H groups in total. The van der Waals surface area contributed by atoms with Crippen molar-refractivity contribution in [3.05, 3.63) is 78.2 Å². The molecule has 1 amide bonds. The number of para-hydroxylation sites is 1. The van der Waals surface area contributed by atoms with Gasteiger partial charge in [-0.3, -0.25) is 4.79 Å². The van der Waals surface area contributed by atoms with Crippen molar-refractivity contribution in [1.29, 1.82) is 0 Å². The molecule has 0 saturated heterocycles. The van der Waals surface area contributed by atoms with Crippen LogP contribution in [0.25, 0.3) is 0 Å². The number of ether oxygens (including phenoxy) is 2.